The van der Waals surface area contributed by atoms with Crippen molar-refractivity contribution in [3.05, 3.63) is 64.3 Å². The number of hydrogen-bond donors (Lipinski definition) is 1. The van der Waals surface area contributed by atoms with Crippen molar-refractivity contribution in [2.75, 3.05) is 12.4 Å². The van der Waals surface area contributed by atoms with Gasteiger partial charge in [-0.25, -0.2) is 15.0 Å². The number of nitrogens with one attached hydrogen (secondary N) is 1. The minimum Gasteiger partial charge on any atom is -0.377 e. The molecule has 1 N–H and O–H groups in total. The molecule has 0 aliphatic heterocycles. The first-order valence-corrected chi connectivity index (χ1v) is 9.35. The van der Waals surface area contributed by atoms with Crippen LogP contribution in [0, 0.1) is 11.3 Å². The van der Waals surface area contributed by atoms with Crippen LogP contribution in [0.25, 0.3) is 18.0 Å². The minimum absolute atomic E-state index is 0.0561. The van der Waals surface area contributed by atoms with Gasteiger partial charge in [0, 0.05) is 12.7 Å². The molecule has 162 valence electrons. The number of rotatable bonds is 4. The highest BCUT2D eigenvalue weighted by Gasteiger charge is 2.38. The van der Waals surface area contributed by atoms with Crippen LogP contribution in [0.1, 0.15) is 28.2 Å². The first-order valence-electron chi connectivity index (χ1n) is 9.35. The van der Waals surface area contributed by atoms with Crippen LogP contribution < -0.4 is 16.0 Å². The van der Waals surface area contributed by atoms with Crippen LogP contribution in [0.4, 0.5) is 19.0 Å². The van der Waals surface area contributed by atoms with E-state index in [1.165, 1.54) is 37.5 Å². The maximum absolute atomic E-state index is 13.6. The second-order valence-corrected chi connectivity index (χ2v) is 6.82. The Labute approximate surface area is 179 Å². The van der Waals surface area contributed by atoms with Crippen LogP contribution in [0.2, 0.25) is 0 Å². The first-order chi connectivity index (χ1) is 15.3. The van der Waals surface area contributed by atoms with E-state index >= 15 is 0 Å². The molecular formula is C21H15F3N6O2. The van der Waals surface area contributed by atoms with Gasteiger partial charge in [0.1, 0.15) is 0 Å². The van der Waals surface area contributed by atoms with E-state index < -0.39 is 17.9 Å². The van der Waals surface area contributed by atoms with Crippen LogP contribution in [-0.4, -0.2) is 38.6 Å². The minimum atomic E-state index is -4.72. The lowest BCUT2D eigenvalue weighted by molar-refractivity contribution is -0.146. The lowest BCUT2D eigenvalue weighted by Crippen LogP contribution is -2.35. The molecule has 0 saturated carbocycles. The van der Waals surface area contributed by atoms with Crippen molar-refractivity contribution in [2.45, 2.75) is 18.7 Å². The van der Waals surface area contributed by atoms with E-state index in [2.05, 4.69) is 20.3 Å². The Kier molecular flexibility index (Phi) is 5.46. The molecule has 8 nitrogen and oxygen atoms in total. The molecule has 1 aliphatic carbocycles. The molecule has 11 heteroatoms. The number of hydrogen-bond acceptors (Lipinski definition) is 6. The zero-order valence-electron chi connectivity index (χ0n) is 16.6. The number of anilines is 1. The Morgan fingerprint density at radius 1 is 1.25 bits per heavy atom. The summed E-state index contributed by atoms with van der Waals surface area (Å²) in [4.78, 5) is 24.1. The lowest BCUT2D eigenvalue weighted by atomic mass is 10.1. The second-order valence-electron chi connectivity index (χ2n) is 6.82. The van der Waals surface area contributed by atoms with Crippen LogP contribution in [-0.2, 0) is 10.9 Å². The van der Waals surface area contributed by atoms with Gasteiger partial charge < -0.3 is 10.1 Å². The molecular weight excluding hydrogens is 425 g/mol. The summed E-state index contributed by atoms with van der Waals surface area (Å²) in [7, 11) is 1.47. The number of imidazole rings is 1. The molecule has 1 amide bonds. The number of fused-ring (bicyclic) bond motifs is 1. The quantitative estimate of drug-likeness (QED) is 0.663. The van der Waals surface area contributed by atoms with Crippen molar-refractivity contribution < 1.29 is 22.7 Å². The van der Waals surface area contributed by atoms with Crippen molar-refractivity contribution in [1.82, 2.24) is 19.5 Å². The Hall–Kier alpha value is -4.04. The number of aromatic nitrogens is 4. The molecule has 1 aliphatic rings. The van der Waals surface area contributed by atoms with Crippen LogP contribution in [0.15, 0.2) is 36.7 Å². The van der Waals surface area contributed by atoms with E-state index in [4.69, 9.17) is 10.00 Å². The molecule has 2 aromatic heterocycles. The van der Waals surface area contributed by atoms with Crippen molar-refractivity contribution in [2.24, 2.45) is 0 Å². The number of ether oxygens (including phenoxy) is 1. The number of nitriles is 1. The summed E-state index contributed by atoms with van der Waals surface area (Å²) in [5, 5.41) is 11.7. The summed E-state index contributed by atoms with van der Waals surface area (Å²) in [6.07, 6.45) is 0.729. The number of carbonyl (C=O) groups is 1. The number of nitrogens with zero attached hydrogens (tertiary/aromatic N) is 5. The molecule has 0 radical (unpaired) electrons. The summed E-state index contributed by atoms with van der Waals surface area (Å²) in [6, 6.07) is 7.89. The van der Waals surface area contributed by atoms with Crippen LogP contribution in [0.5, 0.6) is 0 Å². The molecule has 0 bridgehead atoms. The van der Waals surface area contributed by atoms with E-state index in [0.717, 1.165) is 17.0 Å². The van der Waals surface area contributed by atoms with E-state index in [9.17, 15) is 18.0 Å². The average molecular weight is 440 g/mol. The molecule has 2 heterocycles. The third-order valence-corrected chi connectivity index (χ3v) is 4.77. The van der Waals surface area contributed by atoms with Crippen molar-refractivity contribution in [3.8, 4) is 11.9 Å². The van der Waals surface area contributed by atoms with Gasteiger partial charge in [-0.2, -0.15) is 18.4 Å². The first kappa shape index (κ1) is 21.2. The maximum Gasteiger partial charge on any atom is 0.450 e. The van der Waals surface area contributed by atoms with Gasteiger partial charge in [-0.1, -0.05) is 6.08 Å². The third-order valence-electron chi connectivity index (χ3n) is 4.77. The highest BCUT2D eigenvalue weighted by atomic mass is 19.4. The Morgan fingerprint density at radius 2 is 2.00 bits per heavy atom. The van der Waals surface area contributed by atoms with Crippen LogP contribution in [0.3, 0.4) is 0 Å². The van der Waals surface area contributed by atoms with E-state index in [0.29, 0.717) is 12.0 Å². The largest absolute Gasteiger partial charge is 0.450 e. The normalized spacial score (nSPS) is 15.2. The highest BCUT2D eigenvalue weighted by Crippen LogP contribution is 2.27. The fourth-order valence-corrected chi connectivity index (χ4v) is 3.21. The van der Waals surface area contributed by atoms with Gasteiger partial charge in [-0.05, 0) is 36.8 Å². The highest BCUT2D eigenvalue weighted by molar-refractivity contribution is 6.03. The summed E-state index contributed by atoms with van der Waals surface area (Å²) >= 11 is 0. The van der Waals surface area contributed by atoms with Crippen LogP contribution >= 0.6 is 0 Å². The fourth-order valence-electron chi connectivity index (χ4n) is 3.21. The SMILES string of the molecule is COC1C=c2nc(C(F)(F)F)n(-c3cnc(NC(=O)c4ccc(C#N)cc4)cn3)c2=CC1. The Balaban J connectivity index is 1.65. The zero-order valence-corrected chi connectivity index (χ0v) is 16.6. The molecule has 0 spiro atoms. The van der Waals surface area contributed by atoms with Gasteiger partial charge in [-0.15, -0.1) is 0 Å². The molecule has 1 unspecified atom stereocenters. The topological polar surface area (TPSA) is 106 Å². The summed E-state index contributed by atoms with van der Waals surface area (Å²) in [5.74, 6) is -1.67. The smallest absolute Gasteiger partial charge is 0.377 e. The number of amides is 1. The Morgan fingerprint density at radius 3 is 2.59 bits per heavy atom. The van der Waals surface area contributed by atoms with Gasteiger partial charge in [0.25, 0.3) is 5.91 Å². The summed E-state index contributed by atoms with van der Waals surface area (Å²) < 4.78 is 46.9. The number of halogens is 3. The number of carbonyl (C=O) groups excluding carboxylic acids is 1. The van der Waals surface area contributed by atoms with Gasteiger partial charge in [-0.3, -0.25) is 9.36 Å². The maximum atomic E-state index is 13.6. The molecule has 0 saturated heterocycles. The summed E-state index contributed by atoms with van der Waals surface area (Å²) in [5.41, 5.74) is 0.691. The van der Waals surface area contributed by atoms with E-state index in [-0.39, 0.29) is 34.0 Å². The standard InChI is InChI=1S/C21H15F3N6O2/c1-32-14-6-7-16-15(8-14)28-20(21(22,23)24)30(16)18-11-26-17(10-27-18)29-19(31)13-4-2-12(9-25)3-5-13/h2-5,7-8,10-11,14H,6H2,1H3,(H,26,29,31). The van der Waals surface area contributed by atoms with Gasteiger partial charge in [0.05, 0.1) is 40.8 Å². The number of methoxy groups -OCH3 is 1. The number of benzene rings is 1. The van der Waals surface area contributed by atoms with E-state index in [1.807, 2.05) is 6.07 Å². The molecule has 0 fully saturated rings. The molecule has 1 aromatic carbocycles. The molecule has 32 heavy (non-hydrogen) atoms. The van der Waals surface area contributed by atoms with Crippen molar-refractivity contribution in [1.29, 1.82) is 5.26 Å². The lowest BCUT2D eigenvalue weighted by Gasteiger charge is -2.12. The predicted octanol–water partition coefficient (Wildman–Crippen LogP) is 1.78. The second kappa shape index (κ2) is 8.24. The molecule has 4 rings (SSSR count). The van der Waals surface area contributed by atoms with Gasteiger partial charge in [0.15, 0.2) is 11.6 Å². The molecule has 3 aromatic rings. The third kappa shape index (κ3) is 4.08. The van der Waals surface area contributed by atoms with Gasteiger partial charge >= 0.3 is 6.18 Å². The van der Waals surface area contributed by atoms with Crippen molar-refractivity contribution >= 4 is 23.9 Å². The van der Waals surface area contributed by atoms with E-state index in [1.54, 1.807) is 6.08 Å². The summed E-state index contributed by atoms with van der Waals surface area (Å²) in [6.45, 7) is 0. The predicted molar refractivity (Wildman–Crippen MR) is 107 cm³/mol. The van der Waals surface area contributed by atoms with Crippen molar-refractivity contribution in [3.63, 3.8) is 0 Å². The average Bonchev–Trinajstić information content (AvgIpc) is 3.19. The zero-order chi connectivity index (χ0) is 22.9. The monoisotopic (exact) mass is 440 g/mol. The Bertz CT molecular complexity index is 1320. The fraction of sp³-hybridized carbons (Fsp3) is 0.190. The van der Waals surface area contributed by atoms with Gasteiger partial charge in [0.2, 0.25) is 5.82 Å². The molecule has 1 atom stereocenters. The number of alkyl halides is 3.